The van der Waals surface area contributed by atoms with Gasteiger partial charge < -0.3 is 15.2 Å². The van der Waals surface area contributed by atoms with Crippen molar-refractivity contribution in [3.05, 3.63) is 12.2 Å². The third-order valence-corrected chi connectivity index (χ3v) is 1.95. The molecule has 76 valence electrons. The fourth-order valence-corrected chi connectivity index (χ4v) is 1.05. The average molecular weight is 196 g/mol. The molecule has 2 amide bonds. The van der Waals surface area contributed by atoms with E-state index in [-0.39, 0.29) is 6.03 Å². The number of hydrogen-bond acceptors (Lipinski definition) is 4. The van der Waals surface area contributed by atoms with Crippen LogP contribution in [0.25, 0.3) is 0 Å². The van der Waals surface area contributed by atoms with Gasteiger partial charge in [0.15, 0.2) is 5.82 Å². The second-order valence-electron chi connectivity index (χ2n) is 3.27. The van der Waals surface area contributed by atoms with Crippen molar-refractivity contribution in [2.24, 2.45) is 0 Å². The monoisotopic (exact) mass is 196 g/mol. The number of nitrogens with zero attached hydrogens (tertiary/aromatic N) is 2. The molecule has 1 aromatic heterocycles. The van der Waals surface area contributed by atoms with E-state index in [2.05, 4.69) is 25.3 Å². The fraction of sp³-hybridized carbons (Fsp3) is 0.625. The van der Waals surface area contributed by atoms with Crippen LogP contribution in [0.1, 0.15) is 18.7 Å². The molecule has 2 N–H and O–H groups in total. The largest absolute Gasteiger partial charge is 0.343 e. The lowest BCUT2D eigenvalue weighted by atomic mass is 10.4. The summed E-state index contributed by atoms with van der Waals surface area (Å²) in [4.78, 5) is 15.0. The molecule has 0 unspecified atom stereocenters. The molecule has 0 radical (unpaired) electrons. The third kappa shape index (κ3) is 2.72. The second kappa shape index (κ2) is 4.08. The van der Waals surface area contributed by atoms with E-state index >= 15 is 0 Å². The quantitative estimate of drug-likeness (QED) is 0.714. The summed E-state index contributed by atoms with van der Waals surface area (Å²) in [5.74, 6) is 0.608. The first-order chi connectivity index (χ1) is 6.84. The minimum absolute atomic E-state index is 0.115. The van der Waals surface area contributed by atoms with Crippen molar-refractivity contribution in [2.75, 3.05) is 6.54 Å². The zero-order chi connectivity index (χ0) is 9.80. The Bertz CT molecular complexity index is 294. The molecule has 6 heteroatoms. The maximum absolute atomic E-state index is 11.1. The third-order valence-electron chi connectivity index (χ3n) is 1.95. The molecule has 1 fully saturated rings. The summed E-state index contributed by atoms with van der Waals surface area (Å²) in [7, 11) is 0. The van der Waals surface area contributed by atoms with Crippen LogP contribution in [0, 0.1) is 0 Å². The topological polar surface area (TPSA) is 80.1 Å². The Morgan fingerprint density at radius 3 is 3.14 bits per heavy atom. The van der Waals surface area contributed by atoms with Gasteiger partial charge in [-0.3, -0.25) is 0 Å². The van der Waals surface area contributed by atoms with E-state index in [4.69, 9.17) is 0 Å². The minimum atomic E-state index is -0.115. The van der Waals surface area contributed by atoms with Crippen LogP contribution in [0.4, 0.5) is 4.79 Å². The van der Waals surface area contributed by atoms with Crippen molar-refractivity contribution in [3.63, 3.8) is 0 Å². The van der Waals surface area contributed by atoms with Crippen LogP contribution in [-0.4, -0.2) is 28.8 Å². The molecule has 14 heavy (non-hydrogen) atoms. The maximum Gasteiger partial charge on any atom is 0.315 e. The number of carbonyl (C=O) groups is 1. The van der Waals surface area contributed by atoms with Gasteiger partial charge in [-0.05, 0) is 12.8 Å². The van der Waals surface area contributed by atoms with Gasteiger partial charge in [-0.2, -0.15) is 4.98 Å². The van der Waals surface area contributed by atoms with Crippen LogP contribution in [-0.2, 0) is 6.42 Å². The highest BCUT2D eigenvalue weighted by molar-refractivity contribution is 5.74. The highest BCUT2D eigenvalue weighted by Crippen LogP contribution is 2.18. The Balaban J connectivity index is 1.60. The van der Waals surface area contributed by atoms with E-state index in [1.54, 1.807) is 0 Å². The van der Waals surface area contributed by atoms with Crippen LogP contribution in [0.2, 0.25) is 0 Å². The van der Waals surface area contributed by atoms with Crippen molar-refractivity contribution in [1.82, 2.24) is 20.8 Å². The summed E-state index contributed by atoms with van der Waals surface area (Å²) in [6.07, 6.45) is 4.06. The molecule has 1 saturated carbocycles. The summed E-state index contributed by atoms with van der Waals surface area (Å²) in [5, 5.41) is 9.17. The molecule has 0 saturated heterocycles. The highest BCUT2D eigenvalue weighted by atomic mass is 16.5. The van der Waals surface area contributed by atoms with Gasteiger partial charge in [0, 0.05) is 19.0 Å². The number of hydrogen-bond donors (Lipinski definition) is 2. The zero-order valence-corrected chi connectivity index (χ0v) is 7.69. The molecular weight excluding hydrogens is 184 g/mol. The van der Waals surface area contributed by atoms with Gasteiger partial charge in [0.05, 0.1) is 0 Å². The van der Waals surface area contributed by atoms with Crippen LogP contribution >= 0.6 is 0 Å². The van der Waals surface area contributed by atoms with Gasteiger partial charge in [-0.15, -0.1) is 0 Å². The molecular formula is C8H12N4O2. The van der Waals surface area contributed by atoms with E-state index in [0.29, 0.717) is 24.8 Å². The lowest BCUT2D eigenvalue weighted by Crippen LogP contribution is -2.37. The summed E-state index contributed by atoms with van der Waals surface area (Å²) in [5.41, 5.74) is 0. The van der Waals surface area contributed by atoms with Crippen molar-refractivity contribution >= 4 is 6.03 Å². The first kappa shape index (κ1) is 8.98. The highest BCUT2D eigenvalue weighted by Gasteiger charge is 2.22. The molecule has 2 rings (SSSR count). The van der Waals surface area contributed by atoms with Gasteiger partial charge in [0.2, 0.25) is 6.39 Å². The smallest absolute Gasteiger partial charge is 0.315 e. The van der Waals surface area contributed by atoms with Crippen molar-refractivity contribution in [2.45, 2.75) is 25.3 Å². The second-order valence-corrected chi connectivity index (χ2v) is 3.27. The Kier molecular flexibility index (Phi) is 2.62. The average Bonchev–Trinajstić information content (AvgIpc) is 2.82. The normalized spacial score (nSPS) is 15.1. The number of nitrogens with one attached hydrogen (secondary N) is 2. The Morgan fingerprint density at radius 1 is 1.64 bits per heavy atom. The summed E-state index contributed by atoms with van der Waals surface area (Å²) in [6.45, 7) is 0.526. The lowest BCUT2D eigenvalue weighted by molar-refractivity contribution is 0.240. The first-order valence-electron chi connectivity index (χ1n) is 4.64. The number of urea groups is 1. The maximum atomic E-state index is 11.1. The number of amides is 2. The Morgan fingerprint density at radius 2 is 2.50 bits per heavy atom. The van der Waals surface area contributed by atoms with E-state index in [1.807, 2.05) is 0 Å². The van der Waals surface area contributed by atoms with Crippen molar-refractivity contribution in [3.8, 4) is 0 Å². The summed E-state index contributed by atoms with van der Waals surface area (Å²) >= 11 is 0. The Labute approximate surface area is 81.1 Å². The van der Waals surface area contributed by atoms with Gasteiger partial charge in [0.25, 0.3) is 0 Å². The SMILES string of the molecule is O=C(NCCc1ncon1)NC1CC1. The van der Waals surface area contributed by atoms with E-state index in [9.17, 15) is 4.79 Å². The van der Waals surface area contributed by atoms with Gasteiger partial charge in [-0.25, -0.2) is 4.79 Å². The first-order valence-corrected chi connectivity index (χ1v) is 4.64. The lowest BCUT2D eigenvalue weighted by Gasteiger charge is -2.04. The zero-order valence-electron chi connectivity index (χ0n) is 7.69. The molecule has 1 aromatic rings. The standard InChI is InChI=1S/C8H12N4O2/c13-8(11-6-1-2-6)9-4-3-7-10-5-14-12-7/h5-6H,1-4H2,(H2,9,11,13). The Hall–Kier alpha value is -1.59. The predicted molar refractivity (Wildman–Crippen MR) is 47.6 cm³/mol. The molecule has 1 aliphatic rings. The number of aromatic nitrogens is 2. The van der Waals surface area contributed by atoms with Gasteiger partial charge in [0.1, 0.15) is 0 Å². The van der Waals surface area contributed by atoms with E-state index in [0.717, 1.165) is 12.8 Å². The molecule has 0 aromatic carbocycles. The van der Waals surface area contributed by atoms with Crippen molar-refractivity contribution < 1.29 is 9.32 Å². The fourth-order valence-electron chi connectivity index (χ4n) is 1.05. The number of carbonyl (C=O) groups excluding carboxylic acids is 1. The van der Waals surface area contributed by atoms with Crippen LogP contribution in [0.5, 0.6) is 0 Å². The van der Waals surface area contributed by atoms with Crippen LogP contribution in [0.3, 0.4) is 0 Å². The molecule has 1 heterocycles. The van der Waals surface area contributed by atoms with E-state index in [1.165, 1.54) is 6.39 Å². The van der Waals surface area contributed by atoms with Crippen LogP contribution < -0.4 is 10.6 Å². The van der Waals surface area contributed by atoms with Gasteiger partial charge >= 0.3 is 6.03 Å². The van der Waals surface area contributed by atoms with E-state index < -0.39 is 0 Å². The molecule has 0 spiro atoms. The molecule has 0 bridgehead atoms. The predicted octanol–water partition coefficient (Wildman–Crippen LogP) is 0.0737. The van der Waals surface area contributed by atoms with Gasteiger partial charge in [-0.1, -0.05) is 5.16 Å². The van der Waals surface area contributed by atoms with Crippen LogP contribution in [0.15, 0.2) is 10.9 Å². The molecule has 1 aliphatic carbocycles. The summed E-state index contributed by atoms with van der Waals surface area (Å²) < 4.78 is 4.56. The number of rotatable bonds is 4. The molecule has 0 aliphatic heterocycles. The molecule has 0 atom stereocenters. The molecule has 6 nitrogen and oxygen atoms in total. The van der Waals surface area contributed by atoms with Crippen molar-refractivity contribution in [1.29, 1.82) is 0 Å². The summed E-state index contributed by atoms with van der Waals surface area (Å²) in [6, 6.07) is 0.274. The minimum Gasteiger partial charge on any atom is -0.343 e.